The summed E-state index contributed by atoms with van der Waals surface area (Å²) in [4.78, 5) is 0.104. The Kier molecular flexibility index (Phi) is 6.27. The van der Waals surface area contributed by atoms with Gasteiger partial charge in [-0.1, -0.05) is 31.4 Å². The fraction of sp³-hybridized carbons (Fsp3) is 0.667. The van der Waals surface area contributed by atoms with Crippen LogP contribution in [0.4, 0.5) is 0 Å². The lowest BCUT2D eigenvalue weighted by Crippen LogP contribution is -2.48. The molecule has 2 atom stereocenters. The van der Waals surface area contributed by atoms with Gasteiger partial charge in [0.25, 0.3) is 0 Å². The van der Waals surface area contributed by atoms with Crippen LogP contribution in [-0.4, -0.2) is 63.0 Å². The van der Waals surface area contributed by atoms with Crippen LogP contribution in [0, 0.1) is 0 Å². The molecule has 0 unspecified atom stereocenters. The van der Waals surface area contributed by atoms with E-state index in [1.165, 1.54) is 19.3 Å². The summed E-state index contributed by atoms with van der Waals surface area (Å²) in [6.07, 6.45) is 4.66. The lowest BCUT2D eigenvalue weighted by atomic mass is 9.84. The summed E-state index contributed by atoms with van der Waals surface area (Å²) in [6.45, 7) is 0.00656. The van der Waals surface area contributed by atoms with Gasteiger partial charge in [0.1, 0.15) is 0 Å². The van der Waals surface area contributed by atoms with Gasteiger partial charge in [-0.25, -0.2) is 16.8 Å². The minimum Gasteiger partial charge on any atom is -0.390 e. The Morgan fingerprint density at radius 3 is 2.22 bits per heavy atom. The number of sulfone groups is 1. The quantitative estimate of drug-likeness (QED) is 0.710. The molecule has 152 valence electrons. The van der Waals surface area contributed by atoms with Crippen molar-refractivity contribution in [2.24, 2.45) is 5.73 Å². The number of nitrogens with two attached hydrogens (primary N) is 1. The highest BCUT2D eigenvalue weighted by Crippen LogP contribution is 2.33. The lowest BCUT2D eigenvalue weighted by Gasteiger charge is -2.29. The van der Waals surface area contributed by atoms with Crippen LogP contribution in [0.2, 0.25) is 0 Å². The van der Waals surface area contributed by atoms with Gasteiger partial charge < -0.3 is 10.8 Å². The minimum absolute atomic E-state index is 0.0377. The molecule has 1 aliphatic heterocycles. The summed E-state index contributed by atoms with van der Waals surface area (Å²) in [7, 11) is -7.42. The zero-order valence-electron chi connectivity index (χ0n) is 15.3. The van der Waals surface area contributed by atoms with Crippen molar-refractivity contribution in [1.29, 1.82) is 0 Å². The molecule has 0 aromatic heterocycles. The number of rotatable bonds is 6. The van der Waals surface area contributed by atoms with Gasteiger partial charge in [0.05, 0.1) is 28.5 Å². The molecule has 0 spiro atoms. The van der Waals surface area contributed by atoms with E-state index in [9.17, 15) is 21.9 Å². The molecule has 0 bridgehead atoms. The van der Waals surface area contributed by atoms with Crippen molar-refractivity contribution in [3.05, 3.63) is 29.8 Å². The number of hydrogen-bond acceptors (Lipinski definition) is 6. The SMILES string of the molecule is NCCN([C@H]1CS(=O)(=O)C[C@H]1O)S(=O)(=O)c1ccc(C2CCCCC2)cc1. The van der Waals surface area contributed by atoms with E-state index in [1.807, 2.05) is 12.1 Å². The van der Waals surface area contributed by atoms with Crippen molar-refractivity contribution >= 4 is 19.9 Å². The van der Waals surface area contributed by atoms with Gasteiger partial charge in [-0.05, 0) is 36.5 Å². The first kappa shape index (κ1) is 20.7. The van der Waals surface area contributed by atoms with Crippen LogP contribution >= 0.6 is 0 Å². The Hall–Kier alpha value is -1.00. The number of hydrogen-bond donors (Lipinski definition) is 2. The summed E-state index contributed by atoms with van der Waals surface area (Å²) in [5.41, 5.74) is 6.71. The normalized spacial score (nSPS) is 26.5. The molecule has 1 aliphatic carbocycles. The zero-order valence-corrected chi connectivity index (χ0v) is 17.0. The predicted molar refractivity (Wildman–Crippen MR) is 104 cm³/mol. The Balaban J connectivity index is 1.86. The van der Waals surface area contributed by atoms with Crippen molar-refractivity contribution in [2.45, 2.75) is 55.1 Å². The van der Waals surface area contributed by atoms with Crippen molar-refractivity contribution in [3.8, 4) is 0 Å². The van der Waals surface area contributed by atoms with E-state index >= 15 is 0 Å². The molecule has 1 saturated carbocycles. The summed E-state index contributed by atoms with van der Waals surface area (Å²) in [6, 6.07) is 5.87. The third kappa shape index (κ3) is 4.54. The van der Waals surface area contributed by atoms with E-state index < -0.39 is 37.8 Å². The molecule has 7 nitrogen and oxygen atoms in total. The van der Waals surface area contributed by atoms with Gasteiger partial charge in [0, 0.05) is 13.1 Å². The van der Waals surface area contributed by atoms with Gasteiger partial charge >= 0.3 is 0 Å². The minimum atomic E-state index is -3.95. The van der Waals surface area contributed by atoms with E-state index in [4.69, 9.17) is 5.73 Å². The average Bonchev–Trinajstić information content (AvgIpc) is 2.92. The Bertz CT molecular complexity index is 846. The molecule has 9 heteroatoms. The van der Waals surface area contributed by atoms with Crippen LogP contribution in [0.15, 0.2) is 29.2 Å². The number of aliphatic hydroxyl groups excluding tert-OH is 1. The Morgan fingerprint density at radius 2 is 1.70 bits per heavy atom. The van der Waals surface area contributed by atoms with Crippen molar-refractivity contribution < 1.29 is 21.9 Å². The molecular weight excluding hydrogens is 388 g/mol. The first-order valence-corrected chi connectivity index (χ1v) is 12.7. The van der Waals surface area contributed by atoms with Gasteiger partial charge in [0.2, 0.25) is 10.0 Å². The maximum atomic E-state index is 13.1. The lowest BCUT2D eigenvalue weighted by molar-refractivity contribution is 0.129. The molecule has 1 aromatic rings. The first-order chi connectivity index (χ1) is 12.7. The third-order valence-corrected chi connectivity index (χ3v) is 9.21. The molecule has 27 heavy (non-hydrogen) atoms. The third-order valence-electron chi connectivity index (χ3n) is 5.58. The summed E-state index contributed by atoms with van der Waals surface area (Å²) in [5.74, 6) is -0.333. The van der Waals surface area contributed by atoms with Gasteiger partial charge in [-0.2, -0.15) is 4.31 Å². The monoisotopic (exact) mass is 416 g/mol. The van der Waals surface area contributed by atoms with E-state index in [1.54, 1.807) is 12.1 Å². The van der Waals surface area contributed by atoms with Crippen molar-refractivity contribution in [1.82, 2.24) is 4.31 Å². The Morgan fingerprint density at radius 1 is 1.07 bits per heavy atom. The maximum absolute atomic E-state index is 13.1. The zero-order chi connectivity index (χ0) is 19.7. The fourth-order valence-corrected chi connectivity index (χ4v) is 7.72. The maximum Gasteiger partial charge on any atom is 0.243 e. The number of aliphatic hydroxyl groups is 1. The van der Waals surface area contributed by atoms with Crippen LogP contribution in [-0.2, 0) is 19.9 Å². The molecule has 2 aliphatic rings. The van der Waals surface area contributed by atoms with Crippen molar-refractivity contribution in [3.63, 3.8) is 0 Å². The van der Waals surface area contributed by atoms with Gasteiger partial charge in [-0.3, -0.25) is 0 Å². The standard InChI is InChI=1S/C18H28N2O5S2/c19-10-11-20(17-12-26(22,23)13-18(17)21)27(24,25)16-8-6-15(7-9-16)14-4-2-1-3-5-14/h6-9,14,17-18,21H,1-5,10-13,19H2/t17-,18+/m0/s1. The molecule has 0 radical (unpaired) electrons. The topological polar surface area (TPSA) is 118 Å². The van der Waals surface area contributed by atoms with Crippen LogP contribution in [0.3, 0.4) is 0 Å². The largest absolute Gasteiger partial charge is 0.390 e. The average molecular weight is 417 g/mol. The van der Waals surface area contributed by atoms with E-state index in [0.717, 1.165) is 22.7 Å². The van der Waals surface area contributed by atoms with E-state index in [-0.39, 0.29) is 23.7 Å². The molecule has 3 rings (SSSR count). The smallest absolute Gasteiger partial charge is 0.243 e. The highest BCUT2D eigenvalue weighted by atomic mass is 32.2. The molecule has 2 fully saturated rings. The number of nitrogens with zero attached hydrogens (tertiary/aromatic N) is 1. The molecule has 0 amide bonds. The number of sulfonamides is 1. The predicted octanol–water partition coefficient (Wildman–Crippen LogP) is 0.842. The fourth-order valence-electron chi connectivity index (χ4n) is 4.16. The van der Waals surface area contributed by atoms with Gasteiger partial charge in [0.15, 0.2) is 9.84 Å². The summed E-state index contributed by atoms with van der Waals surface area (Å²) in [5, 5.41) is 10.1. The molecule has 3 N–H and O–H groups in total. The van der Waals surface area contributed by atoms with Crippen LogP contribution in [0.5, 0.6) is 0 Å². The summed E-state index contributed by atoms with van der Waals surface area (Å²) >= 11 is 0. The highest BCUT2D eigenvalue weighted by molar-refractivity contribution is 7.92. The molecule has 1 saturated heterocycles. The first-order valence-electron chi connectivity index (χ1n) is 9.45. The van der Waals surface area contributed by atoms with Gasteiger partial charge in [-0.15, -0.1) is 0 Å². The second-order valence-electron chi connectivity index (χ2n) is 7.52. The van der Waals surface area contributed by atoms with Crippen LogP contribution in [0.25, 0.3) is 0 Å². The van der Waals surface area contributed by atoms with E-state index in [0.29, 0.717) is 5.92 Å². The highest BCUT2D eigenvalue weighted by Gasteiger charge is 2.44. The summed E-state index contributed by atoms with van der Waals surface area (Å²) < 4.78 is 51.0. The van der Waals surface area contributed by atoms with Crippen molar-refractivity contribution in [2.75, 3.05) is 24.6 Å². The molecule has 1 aromatic carbocycles. The van der Waals surface area contributed by atoms with Crippen LogP contribution in [0.1, 0.15) is 43.6 Å². The number of benzene rings is 1. The van der Waals surface area contributed by atoms with E-state index in [2.05, 4.69) is 0 Å². The van der Waals surface area contributed by atoms with Crippen LogP contribution < -0.4 is 5.73 Å². The second kappa shape index (κ2) is 8.16. The second-order valence-corrected chi connectivity index (χ2v) is 11.6. The molecular formula is C18H28N2O5S2. The molecule has 1 heterocycles. The Labute approximate surface area is 161 Å².